The van der Waals surface area contributed by atoms with Gasteiger partial charge >= 0.3 is 0 Å². The number of ether oxygens (including phenoxy) is 1. The van der Waals surface area contributed by atoms with Gasteiger partial charge in [-0.2, -0.15) is 0 Å². The van der Waals surface area contributed by atoms with Crippen molar-refractivity contribution >= 4 is 29.1 Å². The van der Waals surface area contributed by atoms with Gasteiger partial charge in [0, 0.05) is 41.3 Å². The van der Waals surface area contributed by atoms with E-state index in [1.54, 1.807) is 52.0 Å². The highest BCUT2D eigenvalue weighted by Crippen LogP contribution is 2.33. The summed E-state index contributed by atoms with van der Waals surface area (Å²) in [6, 6.07) is 11.9. The summed E-state index contributed by atoms with van der Waals surface area (Å²) in [4.78, 5) is 32.3. The van der Waals surface area contributed by atoms with Crippen LogP contribution in [0, 0.1) is 22.0 Å². The zero-order valence-electron chi connectivity index (χ0n) is 20.0. The summed E-state index contributed by atoms with van der Waals surface area (Å²) < 4.78 is 6.99. The molecule has 1 saturated heterocycles. The smallest absolute Gasteiger partial charge is 0.294 e. The fourth-order valence-electron chi connectivity index (χ4n) is 3.81. The molecule has 2 aromatic carbocycles. The minimum Gasteiger partial charge on any atom is -0.390 e. The third-order valence-corrected chi connectivity index (χ3v) is 6.11. The van der Waals surface area contributed by atoms with E-state index in [9.17, 15) is 20.0 Å². The Kier molecular flexibility index (Phi) is 9.17. The van der Waals surface area contributed by atoms with Crippen LogP contribution in [0.2, 0.25) is 10.0 Å². The maximum atomic E-state index is 13.2. The maximum Gasteiger partial charge on any atom is 0.294 e. The van der Waals surface area contributed by atoms with Crippen LogP contribution in [0.4, 0.5) is 0 Å². The predicted molar refractivity (Wildman–Crippen MR) is 139 cm³/mol. The Bertz CT molecular complexity index is 1380. The van der Waals surface area contributed by atoms with Crippen molar-refractivity contribution in [3.05, 3.63) is 79.6 Å². The second-order valence-electron chi connectivity index (χ2n) is 8.04. The second-order valence-corrected chi connectivity index (χ2v) is 8.89. The summed E-state index contributed by atoms with van der Waals surface area (Å²) in [5.41, 5.74) is 4.94. The quantitative estimate of drug-likeness (QED) is 0.186. The highest BCUT2D eigenvalue weighted by Gasteiger charge is 2.26. The molecule has 0 spiro atoms. The zero-order chi connectivity index (χ0) is 27.1. The van der Waals surface area contributed by atoms with E-state index in [1.807, 2.05) is 0 Å². The predicted octanol–water partition coefficient (Wildman–Crippen LogP) is 3.27. The Morgan fingerprint density at radius 3 is 2.61 bits per heavy atom. The van der Waals surface area contributed by atoms with Crippen molar-refractivity contribution in [1.82, 2.24) is 20.0 Å². The van der Waals surface area contributed by atoms with E-state index >= 15 is 0 Å². The first-order valence-corrected chi connectivity index (χ1v) is 12.3. The molecule has 4 rings (SSSR count). The van der Waals surface area contributed by atoms with Gasteiger partial charge < -0.3 is 14.7 Å². The summed E-state index contributed by atoms with van der Waals surface area (Å²) in [6.07, 6.45) is 0.194. The monoisotopic (exact) mass is 559 g/mol. The fraction of sp³-hybridized carbons (Fsp3) is 0.280. The number of nitrogens with zero attached hydrogens (tertiary/aromatic N) is 4. The number of aliphatic hydroxyl groups excluding tert-OH is 1. The molecule has 38 heavy (non-hydrogen) atoms. The number of hydrogen-bond donors (Lipinski definition) is 2. The van der Waals surface area contributed by atoms with Gasteiger partial charge in [-0.3, -0.25) is 14.8 Å². The molecule has 3 aromatic rings. The van der Waals surface area contributed by atoms with E-state index in [1.165, 1.54) is 0 Å². The molecule has 0 bridgehead atoms. The number of aliphatic hydroxyl groups is 1. The van der Waals surface area contributed by atoms with E-state index in [2.05, 4.69) is 27.1 Å². The summed E-state index contributed by atoms with van der Waals surface area (Å²) >= 11 is 12.6. The Hall–Kier alpha value is -3.66. The minimum absolute atomic E-state index is 0.0506. The van der Waals surface area contributed by atoms with Crippen LogP contribution in [0.15, 0.2) is 42.5 Å². The minimum atomic E-state index is -0.861. The number of carbonyl (C=O) groups is 1. The van der Waals surface area contributed by atoms with Gasteiger partial charge in [-0.25, -0.2) is 9.99 Å². The number of benzene rings is 2. The van der Waals surface area contributed by atoms with Crippen molar-refractivity contribution in [1.29, 1.82) is 0 Å². The van der Waals surface area contributed by atoms with Gasteiger partial charge in [0.25, 0.3) is 11.0 Å². The SMILES string of the molecule is O=C(NN1CCOCC1)c1nc(-c2ccc(Cl)cc2Cl)n(-c2ccc(C#CCCO[N+](=O)[O-])cc2)c1CO. The first-order chi connectivity index (χ1) is 18.4. The normalized spacial score (nSPS) is 13.4. The third kappa shape index (κ3) is 6.61. The van der Waals surface area contributed by atoms with E-state index in [-0.39, 0.29) is 24.4 Å². The van der Waals surface area contributed by atoms with Crippen molar-refractivity contribution in [2.24, 2.45) is 0 Å². The van der Waals surface area contributed by atoms with Crippen LogP contribution in [0.3, 0.4) is 0 Å². The molecule has 0 radical (unpaired) electrons. The van der Waals surface area contributed by atoms with Crippen LogP contribution in [-0.2, 0) is 16.2 Å². The lowest BCUT2D eigenvalue weighted by Gasteiger charge is -2.26. The third-order valence-electron chi connectivity index (χ3n) is 5.56. The molecule has 1 aliphatic heterocycles. The van der Waals surface area contributed by atoms with Crippen molar-refractivity contribution in [2.75, 3.05) is 32.9 Å². The highest BCUT2D eigenvalue weighted by molar-refractivity contribution is 6.36. The molecule has 2 heterocycles. The van der Waals surface area contributed by atoms with Gasteiger partial charge in [0.1, 0.15) is 12.4 Å². The Labute approximate surface area is 228 Å². The number of aromatic nitrogens is 2. The van der Waals surface area contributed by atoms with Crippen LogP contribution >= 0.6 is 23.2 Å². The molecule has 0 atom stereocenters. The van der Waals surface area contributed by atoms with Gasteiger partial charge in [0.2, 0.25) is 0 Å². The van der Waals surface area contributed by atoms with Crippen molar-refractivity contribution in [2.45, 2.75) is 13.0 Å². The molecule has 0 unspecified atom stereocenters. The summed E-state index contributed by atoms with van der Waals surface area (Å²) in [5, 5.41) is 22.2. The first-order valence-electron chi connectivity index (χ1n) is 11.6. The molecule has 0 aliphatic carbocycles. The number of morpholine rings is 1. The molecule has 198 valence electrons. The van der Waals surface area contributed by atoms with Crippen molar-refractivity contribution in [3.8, 4) is 28.9 Å². The molecular weight excluding hydrogens is 537 g/mol. The number of nitrogens with one attached hydrogen (secondary N) is 1. The molecule has 1 aromatic heterocycles. The molecule has 13 heteroatoms. The van der Waals surface area contributed by atoms with Crippen LogP contribution in [0.5, 0.6) is 0 Å². The lowest BCUT2D eigenvalue weighted by atomic mass is 10.1. The Morgan fingerprint density at radius 1 is 1.21 bits per heavy atom. The number of hydrazine groups is 1. The number of halogens is 2. The first kappa shape index (κ1) is 27.4. The molecular formula is C25H23Cl2N5O6. The molecule has 11 nitrogen and oxygen atoms in total. The summed E-state index contributed by atoms with van der Waals surface area (Å²) in [7, 11) is 0. The largest absolute Gasteiger partial charge is 0.390 e. The van der Waals surface area contributed by atoms with Gasteiger partial charge in [0.15, 0.2) is 5.69 Å². The zero-order valence-corrected chi connectivity index (χ0v) is 21.5. The van der Waals surface area contributed by atoms with Gasteiger partial charge in [0.05, 0.1) is 30.5 Å². The van der Waals surface area contributed by atoms with Gasteiger partial charge in [-0.1, -0.05) is 35.0 Å². The number of amides is 1. The molecule has 1 amide bonds. The Morgan fingerprint density at radius 2 is 1.95 bits per heavy atom. The number of carbonyl (C=O) groups excluding carboxylic acids is 1. The average molecular weight is 560 g/mol. The van der Waals surface area contributed by atoms with Gasteiger partial charge in [-0.15, -0.1) is 10.1 Å². The average Bonchev–Trinajstić information content (AvgIpc) is 3.29. The van der Waals surface area contributed by atoms with Crippen LogP contribution in [0.25, 0.3) is 17.1 Å². The van der Waals surface area contributed by atoms with Crippen molar-refractivity contribution in [3.63, 3.8) is 0 Å². The van der Waals surface area contributed by atoms with E-state index < -0.39 is 17.6 Å². The number of rotatable bonds is 8. The molecule has 2 N–H and O–H groups in total. The molecule has 0 saturated carbocycles. The van der Waals surface area contributed by atoms with E-state index in [0.29, 0.717) is 59.0 Å². The van der Waals surface area contributed by atoms with Crippen LogP contribution < -0.4 is 5.43 Å². The molecule has 1 fully saturated rings. The standard InChI is InChI=1S/C25H23Cl2N5O6/c26-18-6-9-20(21(27)15-18)24-28-23(25(34)29-30-10-13-37-14-11-30)22(16-33)31(24)19-7-4-17(5-8-19)3-1-2-12-38-32(35)36/h4-9,15,33H,2,10-14,16H2,(H,29,34). The highest BCUT2D eigenvalue weighted by atomic mass is 35.5. The van der Waals surface area contributed by atoms with Crippen LogP contribution in [0.1, 0.15) is 28.2 Å². The fourth-order valence-corrected chi connectivity index (χ4v) is 4.31. The topological polar surface area (TPSA) is 132 Å². The molecule has 1 aliphatic rings. The summed E-state index contributed by atoms with van der Waals surface area (Å²) in [5.74, 6) is 5.60. The van der Waals surface area contributed by atoms with Crippen LogP contribution in [-0.4, -0.2) is 63.6 Å². The second kappa shape index (κ2) is 12.7. The van der Waals surface area contributed by atoms with Gasteiger partial charge in [-0.05, 0) is 42.5 Å². The number of hydrogen-bond acceptors (Lipinski definition) is 8. The van der Waals surface area contributed by atoms with Crippen molar-refractivity contribution < 1.29 is 24.6 Å². The lowest BCUT2D eigenvalue weighted by Crippen LogP contribution is -2.48. The Balaban J connectivity index is 1.71. The lowest BCUT2D eigenvalue weighted by molar-refractivity contribution is -0.757. The number of imidazole rings is 1. The maximum absolute atomic E-state index is 13.2. The van der Waals surface area contributed by atoms with E-state index in [0.717, 1.165) is 0 Å². The summed E-state index contributed by atoms with van der Waals surface area (Å²) in [6.45, 7) is 1.45. The van der Waals surface area contributed by atoms with E-state index in [4.69, 9.17) is 27.9 Å².